The van der Waals surface area contributed by atoms with Crippen molar-refractivity contribution in [3.63, 3.8) is 0 Å². The van der Waals surface area contributed by atoms with Gasteiger partial charge in [-0.3, -0.25) is 48.1 Å². The Balaban J connectivity index is 1.15. The summed E-state index contributed by atoms with van der Waals surface area (Å²) in [6.45, 7) is 15.4. The second-order valence-electron chi connectivity index (χ2n) is 23.0. The third-order valence-electron chi connectivity index (χ3n) is 16.8. The van der Waals surface area contributed by atoms with Crippen molar-refractivity contribution in [2.24, 2.45) is 35.5 Å². The SMILES string of the molecule is CCC(C)C(C(CC(=O)N1CCCC1C(OC)C(C)C(=O)NC(C)C(O)c1ccccc1)OC)N(C)C(=O)C(NC(=O)C(C(C)C)N(C)C(=O)CCSC1CC(=O)N(CC2CCC(C(=O)ON3C(=O)CCC3=O)CC2)C1=O)C(C)C. The summed E-state index contributed by atoms with van der Waals surface area (Å²) in [4.78, 5) is 145. The lowest BCUT2D eigenvalue weighted by molar-refractivity contribution is -0.201. The number of likely N-dealkylation sites (N-methyl/N-ethyl adjacent to an activating group) is 2. The summed E-state index contributed by atoms with van der Waals surface area (Å²) in [6, 6.07) is 5.49. The minimum Gasteiger partial charge on any atom is -0.386 e. The number of carbonyl (C=O) groups excluding carboxylic acids is 10. The molecule has 80 heavy (non-hydrogen) atoms. The largest absolute Gasteiger partial charge is 0.386 e. The fourth-order valence-electron chi connectivity index (χ4n) is 11.8. The van der Waals surface area contributed by atoms with Crippen molar-refractivity contribution in [1.82, 2.24) is 35.3 Å². The zero-order valence-electron chi connectivity index (χ0n) is 49.1. The molecule has 0 spiro atoms. The van der Waals surface area contributed by atoms with E-state index in [1.807, 2.05) is 59.7 Å². The Bertz CT molecular complexity index is 2340. The molecule has 0 radical (unpaired) electrons. The number of hydrogen-bond donors (Lipinski definition) is 3. The maximum Gasteiger partial charge on any atom is 0.336 e. The molecule has 3 saturated heterocycles. The molecule has 11 unspecified atom stereocenters. The van der Waals surface area contributed by atoms with Crippen LogP contribution in [0.3, 0.4) is 0 Å². The summed E-state index contributed by atoms with van der Waals surface area (Å²) >= 11 is 1.21. The Kier molecular flexibility index (Phi) is 24.5. The van der Waals surface area contributed by atoms with Gasteiger partial charge in [0, 0.05) is 72.8 Å². The smallest absolute Gasteiger partial charge is 0.336 e. The molecule has 446 valence electrons. The van der Waals surface area contributed by atoms with E-state index in [9.17, 15) is 53.1 Å². The van der Waals surface area contributed by atoms with Gasteiger partial charge >= 0.3 is 5.97 Å². The van der Waals surface area contributed by atoms with Crippen LogP contribution >= 0.6 is 11.8 Å². The van der Waals surface area contributed by atoms with Crippen LogP contribution < -0.4 is 10.6 Å². The van der Waals surface area contributed by atoms with Crippen LogP contribution in [0, 0.1) is 35.5 Å². The number of amides is 9. The summed E-state index contributed by atoms with van der Waals surface area (Å²) in [7, 11) is 6.22. The zero-order chi connectivity index (χ0) is 59.3. The van der Waals surface area contributed by atoms with Crippen molar-refractivity contribution in [3.8, 4) is 0 Å². The molecule has 9 amide bonds. The molecule has 22 heteroatoms. The average Bonchev–Trinajstić information content (AvgIpc) is 4.12. The van der Waals surface area contributed by atoms with Gasteiger partial charge in [-0.1, -0.05) is 85.2 Å². The van der Waals surface area contributed by atoms with Crippen molar-refractivity contribution >= 4 is 70.9 Å². The van der Waals surface area contributed by atoms with Crippen molar-refractivity contribution in [2.75, 3.05) is 47.2 Å². The molecule has 21 nitrogen and oxygen atoms in total. The van der Waals surface area contributed by atoms with Crippen LogP contribution in [0.4, 0.5) is 0 Å². The van der Waals surface area contributed by atoms with E-state index in [-0.39, 0.29) is 97.6 Å². The van der Waals surface area contributed by atoms with Crippen LogP contribution in [0.2, 0.25) is 0 Å². The number of nitrogens with one attached hydrogen (secondary N) is 2. The van der Waals surface area contributed by atoms with E-state index in [1.165, 1.54) is 42.8 Å². The second kappa shape index (κ2) is 30.0. The quantitative estimate of drug-likeness (QED) is 0.0981. The van der Waals surface area contributed by atoms with Crippen molar-refractivity contribution in [1.29, 1.82) is 0 Å². The third-order valence-corrected chi connectivity index (χ3v) is 18.0. The first-order valence-corrected chi connectivity index (χ1v) is 29.7. The van der Waals surface area contributed by atoms with Gasteiger partial charge in [0.1, 0.15) is 12.1 Å². The lowest BCUT2D eigenvalue weighted by atomic mass is 9.82. The van der Waals surface area contributed by atoms with Crippen molar-refractivity contribution in [3.05, 3.63) is 35.9 Å². The van der Waals surface area contributed by atoms with E-state index < -0.39 is 95.2 Å². The van der Waals surface area contributed by atoms with Crippen LogP contribution in [-0.2, 0) is 62.3 Å². The number of rotatable bonds is 28. The highest BCUT2D eigenvalue weighted by molar-refractivity contribution is 8.00. The number of ether oxygens (including phenoxy) is 2. The number of aliphatic hydroxyl groups is 1. The van der Waals surface area contributed by atoms with Gasteiger partial charge in [-0.25, -0.2) is 4.79 Å². The lowest BCUT2D eigenvalue weighted by Crippen LogP contribution is -2.60. The second-order valence-corrected chi connectivity index (χ2v) is 24.3. The first-order chi connectivity index (χ1) is 37.9. The molecule has 1 aromatic rings. The Morgan fingerprint density at radius 1 is 0.800 bits per heavy atom. The molecule has 3 N–H and O–H groups in total. The van der Waals surface area contributed by atoms with Gasteiger partial charge in [0.15, 0.2) is 0 Å². The fraction of sp³-hybridized carbons (Fsp3) is 0.724. The number of thioether (sulfide) groups is 1. The minimum atomic E-state index is -1.01. The maximum atomic E-state index is 14.7. The molecule has 3 aliphatic heterocycles. The van der Waals surface area contributed by atoms with Gasteiger partial charge in [-0.15, -0.1) is 16.8 Å². The molecule has 1 aliphatic carbocycles. The molecule has 1 aromatic carbocycles. The third kappa shape index (κ3) is 16.2. The maximum absolute atomic E-state index is 14.7. The topological polar surface area (TPSA) is 259 Å². The molecule has 4 fully saturated rings. The van der Waals surface area contributed by atoms with Gasteiger partial charge in [-0.2, -0.15) is 0 Å². The highest BCUT2D eigenvalue weighted by Gasteiger charge is 2.45. The molecule has 11 atom stereocenters. The van der Waals surface area contributed by atoms with Crippen molar-refractivity contribution < 1.29 is 67.4 Å². The van der Waals surface area contributed by atoms with Gasteiger partial charge in [0.2, 0.25) is 41.4 Å². The predicted molar refractivity (Wildman–Crippen MR) is 298 cm³/mol. The number of imide groups is 2. The molecule has 3 heterocycles. The van der Waals surface area contributed by atoms with Crippen LogP contribution in [0.25, 0.3) is 0 Å². The van der Waals surface area contributed by atoms with Crippen LogP contribution in [0.1, 0.15) is 144 Å². The molecular formula is C58H89N7O14S. The highest BCUT2D eigenvalue weighted by Crippen LogP contribution is 2.35. The normalized spacial score (nSPS) is 23.1. The molecule has 0 bridgehead atoms. The Labute approximate surface area is 476 Å². The lowest BCUT2D eigenvalue weighted by Gasteiger charge is -2.41. The van der Waals surface area contributed by atoms with Crippen LogP contribution in [-0.4, -0.2) is 184 Å². The average molecular weight is 1140 g/mol. The van der Waals surface area contributed by atoms with Crippen LogP contribution in [0.15, 0.2) is 30.3 Å². The van der Waals surface area contributed by atoms with Gasteiger partial charge in [0.25, 0.3) is 11.8 Å². The van der Waals surface area contributed by atoms with E-state index in [4.69, 9.17) is 14.3 Å². The number of methoxy groups -OCH3 is 2. The molecule has 4 aliphatic rings. The van der Waals surface area contributed by atoms with E-state index in [2.05, 4.69) is 10.6 Å². The van der Waals surface area contributed by atoms with E-state index in [0.717, 1.165) is 0 Å². The monoisotopic (exact) mass is 1140 g/mol. The van der Waals surface area contributed by atoms with Crippen molar-refractivity contribution in [2.45, 2.75) is 186 Å². The molecule has 1 saturated carbocycles. The first kappa shape index (κ1) is 65.4. The number of likely N-dealkylation sites (tertiary alicyclic amines) is 2. The Morgan fingerprint density at radius 2 is 1.44 bits per heavy atom. The predicted octanol–water partition coefficient (Wildman–Crippen LogP) is 4.43. The summed E-state index contributed by atoms with van der Waals surface area (Å²) in [5, 5.41) is 16.7. The number of benzene rings is 1. The summed E-state index contributed by atoms with van der Waals surface area (Å²) in [6.07, 6.45) is 1.46. The minimum absolute atomic E-state index is 0.00515. The summed E-state index contributed by atoms with van der Waals surface area (Å²) < 4.78 is 12.0. The Morgan fingerprint density at radius 3 is 2.01 bits per heavy atom. The molecule has 0 aromatic heterocycles. The van der Waals surface area contributed by atoms with Gasteiger partial charge < -0.3 is 44.8 Å². The first-order valence-electron chi connectivity index (χ1n) is 28.6. The van der Waals surface area contributed by atoms with Gasteiger partial charge in [0.05, 0.1) is 59.9 Å². The van der Waals surface area contributed by atoms with E-state index in [1.54, 1.807) is 42.8 Å². The molecular weight excluding hydrogens is 1050 g/mol. The van der Waals surface area contributed by atoms with E-state index in [0.29, 0.717) is 62.1 Å². The van der Waals surface area contributed by atoms with E-state index >= 15 is 0 Å². The number of hydroxylamine groups is 2. The number of aliphatic hydroxyl groups excluding tert-OH is 1. The number of carbonyl (C=O) groups is 10. The van der Waals surface area contributed by atoms with Crippen LogP contribution in [0.5, 0.6) is 0 Å². The zero-order valence-corrected chi connectivity index (χ0v) is 49.9. The number of hydrogen-bond acceptors (Lipinski definition) is 15. The fourth-order valence-corrected chi connectivity index (χ4v) is 12.9. The Hall–Kier alpha value is -5.45. The summed E-state index contributed by atoms with van der Waals surface area (Å²) in [5.41, 5.74) is 0.675. The highest BCUT2D eigenvalue weighted by atomic mass is 32.2. The standard InChI is InChI=1S/C58H89N7O14S/c1-13-35(6)51(42(77-11)30-47(69)63-28-17-20-41(63)53(78-12)36(7)54(72)59-37(8)52(71)39-18-15-14-16-19-39)62(10)57(75)49(33(2)3)60-55(73)50(34(4)5)61(9)44(66)27-29-80-43-31-48(70)64(56(43)74)32-38-21-23-40(24-22-38)58(76)79-65-45(67)25-26-46(65)68/h14-16,18-19,33-38,40-43,49-53,71H,13,17,20-32H2,1-12H3,(H,59,72)(H,60,73). The molecule has 5 rings (SSSR count). The number of nitrogens with zero attached hydrogens (tertiary/aromatic N) is 5. The van der Waals surface area contributed by atoms with Gasteiger partial charge in [-0.05, 0) is 74.7 Å². The summed E-state index contributed by atoms with van der Waals surface area (Å²) in [5.74, 6) is -6.06.